The van der Waals surface area contributed by atoms with Crippen molar-refractivity contribution in [2.45, 2.75) is 58.0 Å². The molecule has 0 spiro atoms. The predicted molar refractivity (Wildman–Crippen MR) is 82.9 cm³/mol. The first-order valence-electron chi connectivity index (χ1n) is 7.70. The molecule has 118 valence electrons. The normalized spacial score (nSPS) is 33.0. The summed E-state index contributed by atoms with van der Waals surface area (Å²) in [7, 11) is 0. The Kier molecular flexibility index (Phi) is 7.27. The van der Waals surface area contributed by atoms with Crippen LogP contribution in [-0.2, 0) is 9.53 Å². The number of halogens is 1. The average Bonchev–Trinajstić information content (AvgIpc) is 2.37. The monoisotopic (exact) mass is 304 g/mol. The zero-order valence-electron chi connectivity index (χ0n) is 12.6. The van der Waals surface area contributed by atoms with E-state index >= 15 is 0 Å². The lowest BCUT2D eigenvalue weighted by molar-refractivity contribution is -0.125. The SMILES string of the molecule is CC1CC(C)CC(NC(=O)C(N)C2CCOCC2)C1.Cl. The van der Waals surface area contributed by atoms with Crippen LogP contribution in [0.5, 0.6) is 0 Å². The van der Waals surface area contributed by atoms with E-state index < -0.39 is 0 Å². The number of carbonyl (C=O) groups excluding carboxylic acids is 1. The Labute approximate surface area is 128 Å². The summed E-state index contributed by atoms with van der Waals surface area (Å²) in [6, 6.07) is -0.0476. The van der Waals surface area contributed by atoms with Crippen molar-refractivity contribution in [1.82, 2.24) is 5.32 Å². The van der Waals surface area contributed by atoms with E-state index in [9.17, 15) is 4.79 Å². The van der Waals surface area contributed by atoms with Gasteiger partial charge in [0.25, 0.3) is 0 Å². The highest BCUT2D eigenvalue weighted by Gasteiger charge is 2.30. The van der Waals surface area contributed by atoms with E-state index in [0.29, 0.717) is 17.9 Å². The van der Waals surface area contributed by atoms with Crippen molar-refractivity contribution in [2.75, 3.05) is 13.2 Å². The molecule has 4 nitrogen and oxygen atoms in total. The van der Waals surface area contributed by atoms with Crippen molar-refractivity contribution in [2.24, 2.45) is 23.5 Å². The summed E-state index contributed by atoms with van der Waals surface area (Å²) >= 11 is 0. The number of rotatable bonds is 3. The Morgan fingerprint density at radius 2 is 1.70 bits per heavy atom. The van der Waals surface area contributed by atoms with Crippen LogP contribution in [-0.4, -0.2) is 31.2 Å². The fourth-order valence-electron chi connectivity index (χ4n) is 3.65. The summed E-state index contributed by atoms with van der Waals surface area (Å²) in [5, 5.41) is 3.17. The third-order valence-electron chi connectivity index (χ3n) is 4.60. The average molecular weight is 305 g/mol. The molecule has 1 aliphatic heterocycles. The standard InChI is InChI=1S/C15H28N2O2.ClH/c1-10-7-11(2)9-13(8-10)17-15(18)14(16)12-3-5-19-6-4-12;/h10-14H,3-9,16H2,1-2H3,(H,17,18);1H. The fraction of sp³-hybridized carbons (Fsp3) is 0.933. The molecule has 2 rings (SSSR count). The number of hydrogen-bond donors (Lipinski definition) is 2. The van der Waals surface area contributed by atoms with Gasteiger partial charge in [0.2, 0.25) is 5.91 Å². The topological polar surface area (TPSA) is 64.4 Å². The molecule has 1 saturated heterocycles. The van der Waals surface area contributed by atoms with Gasteiger partial charge in [-0.1, -0.05) is 13.8 Å². The van der Waals surface area contributed by atoms with Crippen LogP contribution in [0.1, 0.15) is 46.0 Å². The Morgan fingerprint density at radius 3 is 2.25 bits per heavy atom. The molecule has 0 aromatic carbocycles. The first kappa shape index (κ1) is 17.7. The number of nitrogens with one attached hydrogen (secondary N) is 1. The Balaban J connectivity index is 0.00000200. The van der Waals surface area contributed by atoms with Gasteiger partial charge >= 0.3 is 0 Å². The van der Waals surface area contributed by atoms with Gasteiger partial charge in [-0.15, -0.1) is 12.4 Å². The molecule has 2 aliphatic rings. The van der Waals surface area contributed by atoms with Crippen molar-refractivity contribution in [3.8, 4) is 0 Å². The van der Waals surface area contributed by atoms with Crippen LogP contribution >= 0.6 is 12.4 Å². The zero-order chi connectivity index (χ0) is 13.8. The van der Waals surface area contributed by atoms with Gasteiger partial charge in [0.15, 0.2) is 0 Å². The quantitative estimate of drug-likeness (QED) is 0.839. The number of hydrogen-bond acceptors (Lipinski definition) is 3. The third-order valence-corrected chi connectivity index (χ3v) is 4.60. The van der Waals surface area contributed by atoms with E-state index in [1.807, 2.05) is 0 Å². The van der Waals surface area contributed by atoms with Crippen molar-refractivity contribution in [3.63, 3.8) is 0 Å². The summed E-state index contributed by atoms with van der Waals surface area (Å²) in [5.41, 5.74) is 6.11. The molecule has 0 aromatic heterocycles. The van der Waals surface area contributed by atoms with Gasteiger partial charge in [0.05, 0.1) is 6.04 Å². The minimum atomic E-state index is -0.364. The molecule has 1 heterocycles. The molecule has 2 fully saturated rings. The van der Waals surface area contributed by atoms with Crippen LogP contribution in [0.2, 0.25) is 0 Å². The lowest BCUT2D eigenvalue weighted by Gasteiger charge is -2.34. The van der Waals surface area contributed by atoms with Gasteiger partial charge in [-0.25, -0.2) is 0 Å². The summed E-state index contributed by atoms with van der Waals surface area (Å²) < 4.78 is 5.32. The van der Waals surface area contributed by atoms with Crippen LogP contribution in [0.25, 0.3) is 0 Å². The van der Waals surface area contributed by atoms with Crippen LogP contribution in [0.15, 0.2) is 0 Å². The van der Waals surface area contributed by atoms with Crippen LogP contribution in [0.3, 0.4) is 0 Å². The lowest BCUT2D eigenvalue weighted by atomic mass is 9.80. The maximum absolute atomic E-state index is 12.2. The minimum absolute atomic E-state index is 0. The third kappa shape index (κ3) is 4.90. The van der Waals surface area contributed by atoms with E-state index in [1.54, 1.807) is 0 Å². The molecule has 3 unspecified atom stereocenters. The molecule has 0 radical (unpaired) electrons. The highest BCUT2D eigenvalue weighted by atomic mass is 35.5. The number of carbonyl (C=O) groups is 1. The maximum atomic E-state index is 12.2. The number of ether oxygens (including phenoxy) is 1. The molecule has 1 amide bonds. The molecule has 3 N–H and O–H groups in total. The van der Waals surface area contributed by atoms with Gasteiger partial charge < -0.3 is 15.8 Å². The van der Waals surface area contributed by atoms with E-state index in [0.717, 1.165) is 38.9 Å². The largest absolute Gasteiger partial charge is 0.381 e. The van der Waals surface area contributed by atoms with E-state index in [1.165, 1.54) is 6.42 Å². The van der Waals surface area contributed by atoms with Crippen molar-refractivity contribution < 1.29 is 9.53 Å². The van der Waals surface area contributed by atoms with Crippen molar-refractivity contribution in [1.29, 1.82) is 0 Å². The first-order valence-corrected chi connectivity index (χ1v) is 7.70. The molecular formula is C15H29ClN2O2. The predicted octanol–water partition coefficient (Wildman–Crippen LogP) is 2.10. The Bertz CT molecular complexity index is 298. The molecule has 3 atom stereocenters. The summed E-state index contributed by atoms with van der Waals surface area (Å²) in [6.07, 6.45) is 5.28. The Morgan fingerprint density at radius 1 is 1.15 bits per heavy atom. The minimum Gasteiger partial charge on any atom is -0.381 e. The molecule has 5 heteroatoms. The second-order valence-electron chi connectivity index (χ2n) is 6.60. The zero-order valence-corrected chi connectivity index (χ0v) is 13.5. The van der Waals surface area contributed by atoms with Gasteiger partial charge in [0, 0.05) is 19.3 Å². The van der Waals surface area contributed by atoms with Crippen LogP contribution in [0.4, 0.5) is 0 Å². The number of amides is 1. The summed E-state index contributed by atoms with van der Waals surface area (Å²) in [4.78, 5) is 12.2. The van der Waals surface area contributed by atoms with E-state index in [-0.39, 0.29) is 30.3 Å². The highest BCUT2D eigenvalue weighted by molar-refractivity contribution is 5.85. The summed E-state index contributed by atoms with van der Waals surface area (Å²) in [5.74, 6) is 1.73. The van der Waals surface area contributed by atoms with E-state index in [2.05, 4.69) is 19.2 Å². The lowest BCUT2D eigenvalue weighted by Crippen LogP contribution is -2.51. The molecule has 1 saturated carbocycles. The molecule has 0 aromatic rings. The smallest absolute Gasteiger partial charge is 0.237 e. The van der Waals surface area contributed by atoms with Crippen LogP contribution < -0.4 is 11.1 Å². The fourth-order valence-corrected chi connectivity index (χ4v) is 3.65. The second kappa shape index (κ2) is 8.20. The van der Waals surface area contributed by atoms with Gasteiger partial charge in [-0.2, -0.15) is 0 Å². The van der Waals surface area contributed by atoms with Crippen molar-refractivity contribution in [3.05, 3.63) is 0 Å². The highest BCUT2D eigenvalue weighted by Crippen LogP contribution is 2.28. The summed E-state index contributed by atoms with van der Waals surface area (Å²) in [6.45, 7) is 6.02. The number of nitrogens with two attached hydrogens (primary N) is 1. The first-order chi connectivity index (χ1) is 9.06. The van der Waals surface area contributed by atoms with Gasteiger partial charge in [0.1, 0.15) is 0 Å². The molecule has 0 bridgehead atoms. The maximum Gasteiger partial charge on any atom is 0.237 e. The van der Waals surface area contributed by atoms with Gasteiger partial charge in [-0.3, -0.25) is 4.79 Å². The van der Waals surface area contributed by atoms with E-state index in [4.69, 9.17) is 10.5 Å². The van der Waals surface area contributed by atoms with Gasteiger partial charge in [-0.05, 0) is 49.9 Å². The molecular weight excluding hydrogens is 276 g/mol. The second-order valence-corrected chi connectivity index (χ2v) is 6.60. The van der Waals surface area contributed by atoms with Crippen LogP contribution in [0, 0.1) is 17.8 Å². The van der Waals surface area contributed by atoms with Crippen molar-refractivity contribution >= 4 is 18.3 Å². The molecule has 1 aliphatic carbocycles. The molecule has 20 heavy (non-hydrogen) atoms. The Hall–Kier alpha value is -0.320.